The molecular formula is C25H25N5O2S. The van der Waals surface area contributed by atoms with Crippen LogP contribution in [-0.2, 0) is 42.1 Å². The molecule has 0 atom stereocenters. The Labute approximate surface area is 196 Å². The van der Waals surface area contributed by atoms with Crippen molar-refractivity contribution in [1.82, 2.24) is 24.8 Å². The van der Waals surface area contributed by atoms with Gasteiger partial charge < -0.3 is 14.8 Å². The smallest absolute Gasteiger partial charge is 0.242 e. The second kappa shape index (κ2) is 9.15. The van der Waals surface area contributed by atoms with E-state index in [0.29, 0.717) is 26.1 Å². The number of para-hydroxylation sites is 2. The van der Waals surface area contributed by atoms with Crippen molar-refractivity contribution in [2.24, 2.45) is 0 Å². The summed E-state index contributed by atoms with van der Waals surface area (Å²) < 4.78 is 1.90. The number of nitrogens with zero attached hydrogens (tertiary/aromatic N) is 4. The van der Waals surface area contributed by atoms with E-state index in [0.717, 1.165) is 39.8 Å². The molecule has 5 rings (SSSR count). The Balaban J connectivity index is 1.26. The lowest BCUT2D eigenvalue weighted by molar-refractivity contribution is -0.132. The molecule has 0 spiro atoms. The number of carbonyl (C=O) groups is 2. The summed E-state index contributed by atoms with van der Waals surface area (Å²) in [5.74, 6) is 0.0700. The largest absolute Gasteiger partial charge is 0.352 e. The maximum atomic E-state index is 13.0. The highest BCUT2D eigenvalue weighted by atomic mass is 32.1. The molecule has 2 amide bonds. The average Bonchev–Trinajstić information content (AvgIpc) is 3.48. The Morgan fingerprint density at radius 1 is 1.18 bits per heavy atom. The Hall–Kier alpha value is -3.52. The van der Waals surface area contributed by atoms with E-state index in [1.807, 2.05) is 63.7 Å². The molecule has 0 unspecified atom stereocenters. The van der Waals surface area contributed by atoms with Gasteiger partial charge >= 0.3 is 0 Å². The quantitative estimate of drug-likeness (QED) is 0.480. The number of imidazole rings is 1. The zero-order valence-electron chi connectivity index (χ0n) is 18.5. The minimum atomic E-state index is 0.00516. The van der Waals surface area contributed by atoms with E-state index in [9.17, 15) is 9.59 Å². The van der Waals surface area contributed by atoms with Gasteiger partial charge in [0.05, 0.1) is 23.8 Å². The number of aromatic nitrogens is 3. The molecule has 0 bridgehead atoms. The van der Waals surface area contributed by atoms with E-state index >= 15 is 0 Å². The number of carbonyl (C=O) groups excluding carboxylic acids is 2. The minimum absolute atomic E-state index is 0.00516. The molecule has 0 fully saturated rings. The molecule has 1 aromatic carbocycles. The van der Waals surface area contributed by atoms with Gasteiger partial charge in [-0.15, -0.1) is 0 Å². The third-order valence-corrected chi connectivity index (χ3v) is 6.92. The lowest BCUT2D eigenvalue weighted by atomic mass is 9.94. The van der Waals surface area contributed by atoms with Gasteiger partial charge in [-0.05, 0) is 64.6 Å². The summed E-state index contributed by atoms with van der Waals surface area (Å²) in [5.41, 5.74) is 7.13. The van der Waals surface area contributed by atoms with Crippen molar-refractivity contribution < 1.29 is 9.59 Å². The summed E-state index contributed by atoms with van der Waals surface area (Å²) in [5, 5.41) is 7.02. The number of pyridine rings is 1. The van der Waals surface area contributed by atoms with E-state index in [2.05, 4.69) is 15.3 Å². The molecule has 168 valence electrons. The van der Waals surface area contributed by atoms with E-state index in [-0.39, 0.29) is 18.4 Å². The van der Waals surface area contributed by atoms with Crippen LogP contribution in [0, 0.1) is 6.92 Å². The van der Waals surface area contributed by atoms with Crippen LogP contribution in [0.4, 0.5) is 0 Å². The lowest BCUT2D eigenvalue weighted by Crippen LogP contribution is -2.38. The molecule has 1 aliphatic rings. The first-order valence-electron chi connectivity index (χ1n) is 11.0. The summed E-state index contributed by atoms with van der Waals surface area (Å²) in [4.78, 5) is 36.2. The van der Waals surface area contributed by atoms with Crippen molar-refractivity contribution in [3.8, 4) is 0 Å². The molecule has 0 saturated heterocycles. The van der Waals surface area contributed by atoms with E-state index < -0.39 is 0 Å². The van der Waals surface area contributed by atoms with Crippen LogP contribution in [0.25, 0.3) is 11.0 Å². The van der Waals surface area contributed by atoms with Crippen LogP contribution in [0.1, 0.15) is 27.9 Å². The molecule has 4 aromatic rings. The minimum Gasteiger partial charge on any atom is -0.352 e. The van der Waals surface area contributed by atoms with Gasteiger partial charge in [-0.1, -0.05) is 12.1 Å². The number of fused-ring (bicyclic) bond motifs is 2. The summed E-state index contributed by atoms with van der Waals surface area (Å²) in [6.07, 6.45) is 4.73. The molecule has 3 aromatic heterocycles. The zero-order valence-corrected chi connectivity index (χ0v) is 19.3. The molecule has 0 radical (unpaired) electrons. The summed E-state index contributed by atoms with van der Waals surface area (Å²) >= 11 is 1.59. The molecule has 0 aliphatic carbocycles. The fourth-order valence-corrected chi connectivity index (χ4v) is 5.05. The van der Waals surface area contributed by atoms with Gasteiger partial charge in [-0.25, -0.2) is 4.98 Å². The number of hydrogen-bond acceptors (Lipinski definition) is 5. The van der Waals surface area contributed by atoms with Crippen molar-refractivity contribution in [3.05, 3.63) is 81.6 Å². The number of nitrogens with one attached hydrogen (secondary N) is 1. The van der Waals surface area contributed by atoms with Crippen LogP contribution >= 0.6 is 11.3 Å². The number of hydrogen-bond donors (Lipinski definition) is 1. The number of amides is 2. The second-order valence-corrected chi connectivity index (χ2v) is 9.12. The van der Waals surface area contributed by atoms with Gasteiger partial charge in [0.15, 0.2) is 0 Å². The Morgan fingerprint density at radius 2 is 2.06 bits per heavy atom. The second-order valence-electron chi connectivity index (χ2n) is 8.34. The fraction of sp³-hybridized carbons (Fsp3) is 0.280. The van der Waals surface area contributed by atoms with E-state index in [1.165, 1.54) is 5.56 Å². The highest BCUT2D eigenvalue weighted by Gasteiger charge is 2.24. The maximum absolute atomic E-state index is 13.0. The average molecular weight is 460 g/mol. The molecule has 8 heteroatoms. The van der Waals surface area contributed by atoms with Gasteiger partial charge in [-0.2, -0.15) is 11.3 Å². The van der Waals surface area contributed by atoms with Gasteiger partial charge in [0.2, 0.25) is 11.8 Å². The highest BCUT2D eigenvalue weighted by Crippen LogP contribution is 2.24. The molecule has 1 aliphatic heterocycles. The lowest BCUT2D eigenvalue weighted by Gasteiger charge is -2.30. The Morgan fingerprint density at radius 3 is 2.91 bits per heavy atom. The summed E-state index contributed by atoms with van der Waals surface area (Å²) in [6.45, 7) is 3.88. The molecule has 0 saturated carbocycles. The topological polar surface area (TPSA) is 80.1 Å². The summed E-state index contributed by atoms with van der Waals surface area (Å²) in [6, 6.07) is 9.80. The van der Waals surface area contributed by atoms with E-state index in [4.69, 9.17) is 0 Å². The molecule has 33 heavy (non-hydrogen) atoms. The van der Waals surface area contributed by atoms with Gasteiger partial charge in [0, 0.05) is 31.5 Å². The third-order valence-electron chi connectivity index (χ3n) is 6.19. The third kappa shape index (κ3) is 4.52. The zero-order chi connectivity index (χ0) is 22.8. The molecular weight excluding hydrogens is 434 g/mol. The number of thiophene rings is 1. The normalized spacial score (nSPS) is 13.2. The monoisotopic (exact) mass is 459 g/mol. The standard InChI is InChI=1S/C25H25N5O2S/c1-17-21(12-27-24(31)10-18-7-9-33-15-18)20-6-8-29(13-19(20)11-26-17)25(32)14-30-16-28-22-4-2-3-5-23(22)30/h2-5,7,9,11,15-16H,6,8,10,12-14H2,1H3,(H,27,31). The van der Waals surface area contributed by atoms with Gasteiger partial charge in [0.25, 0.3) is 0 Å². The van der Waals surface area contributed by atoms with Crippen molar-refractivity contribution >= 4 is 34.2 Å². The predicted octanol–water partition coefficient (Wildman–Crippen LogP) is 3.25. The first kappa shape index (κ1) is 21.3. The number of aryl methyl sites for hydroxylation is 1. The highest BCUT2D eigenvalue weighted by molar-refractivity contribution is 7.08. The van der Waals surface area contributed by atoms with E-state index in [1.54, 1.807) is 17.7 Å². The van der Waals surface area contributed by atoms with Crippen LogP contribution in [-0.4, -0.2) is 37.8 Å². The Bertz CT molecular complexity index is 1310. The first-order valence-corrected chi connectivity index (χ1v) is 11.9. The van der Waals surface area contributed by atoms with Crippen molar-refractivity contribution in [1.29, 1.82) is 0 Å². The fourth-order valence-electron chi connectivity index (χ4n) is 4.38. The van der Waals surface area contributed by atoms with Crippen molar-refractivity contribution in [3.63, 3.8) is 0 Å². The maximum Gasteiger partial charge on any atom is 0.242 e. The van der Waals surface area contributed by atoms with Crippen LogP contribution in [0.15, 0.2) is 53.6 Å². The number of benzene rings is 1. The van der Waals surface area contributed by atoms with Crippen molar-refractivity contribution in [2.75, 3.05) is 6.54 Å². The molecule has 1 N–H and O–H groups in total. The predicted molar refractivity (Wildman–Crippen MR) is 128 cm³/mol. The Kier molecular flexibility index (Phi) is 5.92. The van der Waals surface area contributed by atoms with Gasteiger partial charge in [0.1, 0.15) is 6.54 Å². The van der Waals surface area contributed by atoms with Crippen LogP contribution < -0.4 is 5.32 Å². The SMILES string of the molecule is Cc1ncc2c(c1CNC(=O)Cc1ccsc1)CCN(C(=O)Cn1cnc3ccccc31)C2. The van der Waals surface area contributed by atoms with Crippen LogP contribution in [0.2, 0.25) is 0 Å². The van der Waals surface area contributed by atoms with Crippen LogP contribution in [0.3, 0.4) is 0 Å². The summed E-state index contributed by atoms with van der Waals surface area (Å²) in [7, 11) is 0. The molecule has 7 nitrogen and oxygen atoms in total. The van der Waals surface area contributed by atoms with Crippen LogP contribution in [0.5, 0.6) is 0 Å². The van der Waals surface area contributed by atoms with Crippen molar-refractivity contribution in [2.45, 2.75) is 39.4 Å². The van der Waals surface area contributed by atoms with Gasteiger partial charge in [-0.3, -0.25) is 14.6 Å². The molecule has 4 heterocycles. The first-order chi connectivity index (χ1) is 16.1. The number of rotatable bonds is 6.